The van der Waals surface area contributed by atoms with Crippen LogP contribution in [-0.4, -0.2) is 116 Å². The number of nitrogens with zero attached hydrogens (tertiary/aromatic N) is 4. The van der Waals surface area contributed by atoms with E-state index in [1.807, 2.05) is 49.0 Å². The fraction of sp³-hybridized carbons (Fsp3) is 0.442. The van der Waals surface area contributed by atoms with Crippen molar-refractivity contribution in [3.05, 3.63) is 130 Å². The van der Waals surface area contributed by atoms with Crippen molar-refractivity contribution in [1.82, 2.24) is 20.0 Å². The summed E-state index contributed by atoms with van der Waals surface area (Å²) in [6.07, 6.45) is 9.05. The molecule has 1 spiro atoms. The summed E-state index contributed by atoms with van der Waals surface area (Å²) in [6.45, 7) is 9.53. The van der Waals surface area contributed by atoms with Crippen LogP contribution in [0.25, 0.3) is 0 Å². The second-order valence-electron chi connectivity index (χ2n) is 18.2. The van der Waals surface area contributed by atoms with Crippen LogP contribution < -0.4 is 10.2 Å². The number of aromatic hydroxyl groups is 1. The van der Waals surface area contributed by atoms with E-state index in [2.05, 4.69) is 59.4 Å². The normalized spacial score (nSPS) is 21.6. The molecular weight excluding hydrogens is 810 g/mol. The molecule has 64 heavy (non-hydrogen) atoms. The Morgan fingerprint density at radius 1 is 0.859 bits per heavy atom. The van der Waals surface area contributed by atoms with E-state index in [0.717, 1.165) is 44.3 Å². The van der Waals surface area contributed by atoms with Crippen molar-refractivity contribution in [3.8, 4) is 5.75 Å². The van der Waals surface area contributed by atoms with Crippen molar-refractivity contribution in [2.45, 2.75) is 89.3 Å². The zero-order valence-electron chi connectivity index (χ0n) is 38.0. The summed E-state index contributed by atoms with van der Waals surface area (Å²) in [5.41, 5.74) is 8.49. The highest BCUT2D eigenvalue weighted by Gasteiger charge is 2.42. The van der Waals surface area contributed by atoms with Gasteiger partial charge in [0.15, 0.2) is 12.6 Å². The quantitative estimate of drug-likeness (QED) is 0.116. The summed E-state index contributed by atoms with van der Waals surface area (Å²) in [5.74, 6) is 0.273. The number of fused-ring (bicyclic) bond motifs is 1. The van der Waals surface area contributed by atoms with Gasteiger partial charge in [-0.2, -0.15) is 0 Å². The molecule has 340 valence electrons. The minimum Gasteiger partial charge on any atom is -0.508 e. The van der Waals surface area contributed by atoms with E-state index in [4.69, 9.17) is 0 Å². The van der Waals surface area contributed by atoms with E-state index in [1.54, 1.807) is 36.4 Å². The van der Waals surface area contributed by atoms with Gasteiger partial charge in [0.05, 0.1) is 12.6 Å². The molecule has 4 atom stereocenters. The van der Waals surface area contributed by atoms with E-state index < -0.39 is 0 Å². The van der Waals surface area contributed by atoms with Gasteiger partial charge in [-0.1, -0.05) is 49.4 Å². The number of benzene rings is 4. The van der Waals surface area contributed by atoms with Gasteiger partial charge in [-0.25, -0.2) is 4.39 Å². The van der Waals surface area contributed by atoms with Gasteiger partial charge < -0.3 is 19.7 Å². The third kappa shape index (κ3) is 11.8. The minimum absolute atomic E-state index is 0.132. The molecule has 11 nitrogen and oxygen atoms in total. The summed E-state index contributed by atoms with van der Waals surface area (Å²) in [4.78, 5) is 62.5. The van der Waals surface area contributed by atoms with E-state index in [9.17, 15) is 33.5 Å². The van der Waals surface area contributed by atoms with Crippen molar-refractivity contribution >= 4 is 36.4 Å². The average molecular weight is 874 g/mol. The third-order valence-electron chi connectivity index (χ3n) is 13.8. The third-order valence-corrected chi connectivity index (χ3v) is 13.8. The molecule has 0 aromatic heterocycles. The lowest BCUT2D eigenvalue weighted by atomic mass is 9.69. The van der Waals surface area contributed by atoms with Crippen molar-refractivity contribution in [2.75, 3.05) is 58.8 Å². The lowest BCUT2D eigenvalue weighted by molar-refractivity contribution is -0.136. The highest BCUT2D eigenvalue weighted by molar-refractivity contribution is 6.00. The Hall–Kier alpha value is -5.56. The van der Waals surface area contributed by atoms with E-state index in [-0.39, 0.29) is 35.5 Å². The Kier molecular flexibility index (Phi) is 16.4. The second kappa shape index (κ2) is 21.9. The molecule has 3 saturated heterocycles. The van der Waals surface area contributed by atoms with Crippen LogP contribution in [0.5, 0.6) is 5.75 Å². The van der Waals surface area contributed by atoms with Gasteiger partial charge >= 0.3 is 0 Å². The number of anilines is 1. The number of carbonyl (C=O) groups is 5. The summed E-state index contributed by atoms with van der Waals surface area (Å²) >= 11 is 0. The number of piperidine rings is 2. The number of rotatable bonds is 11. The molecule has 0 radical (unpaired) electrons. The topological polar surface area (TPSA) is 131 Å². The van der Waals surface area contributed by atoms with Crippen LogP contribution in [0.2, 0.25) is 0 Å². The first-order valence-electron chi connectivity index (χ1n) is 22.6. The zero-order chi connectivity index (χ0) is 46.0. The number of phenols is 1. The summed E-state index contributed by atoms with van der Waals surface area (Å²) in [7, 11) is 5.94. The Bertz CT molecular complexity index is 2230. The number of phenolic OH excluding ortho intramolecular Hbond substituents is 1. The van der Waals surface area contributed by atoms with Crippen molar-refractivity contribution < 1.29 is 33.5 Å². The van der Waals surface area contributed by atoms with E-state index >= 15 is 0 Å². The maximum Gasteiger partial charge on any atom is 0.243 e. The molecule has 3 fully saturated rings. The molecule has 12 heteroatoms. The molecule has 4 aromatic carbocycles. The number of aldehydes is 3. The Balaban J connectivity index is 0.000000200. The first-order valence-corrected chi connectivity index (χ1v) is 22.6. The standard InChI is InChI=1S/C32H37FN2O.C13H15NO3.C7H12N2O2/c1-22-20-32(21-34(22)2)15-17-35(18-16-32)27-10-5-24(6-11-27)31-29(23-3-8-26(33)9-4-23)13-7-25-19-28(36)12-14-30(25)31;1-2-14(5-6-15)8-11-3-4-12(9-16)13(7-11)10-17;1-9(2)5-3-4-6(10)8-7(5)11/h3-6,8-12,14,19,22,29,31,36H,7,13,15-18,20-21H2,1-2H3;3-4,6-7,9-10H,2,5,8H2,1H3;5H,3-4H2,1-2H3,(H,8,10,11). The van der Waals surface area contributed by atoms with Gasteiger partial charge in [0.1, 0.15) is 17.9 Å². The fourth-order valence-corrected chi connectivity index (χ4v) is 10.1. The van der Waals surface area contributed by atoms with Crippen LogP contribution in [-0.2, 0) is 27.3 Å². The maximum absolute atomic E-state index is 13.7. The summed E-state index contributed by atoms with van der Waals surface area (Å²) in [6, 6.07) is 27.7. The first kappa shape index (κ1) is 47.9. The fourth-order valence-electron chi connectivity index (χ4n) is 10.1. The van der Waals surface area contributed by atoms with Crippen LogP contribution in [0, 0.1) is 11.2 Å². The molecular formula is C52H64FN5O6. The van der Waals surface area contributed by atoms with Crippen LogP contribution in [0.15, 0.2) is 84.9 Å². The molecule has 3 aliphatic heterocycles. The zero-order valence-corrected chi connectivity index (χ0v) is 38.0. The van der Waals surface area contributed by atoms with Crippen molar-refractivity contribution in [2.24, 2.45) is 5.41 Å². The number of nitrogens with one attached hydrogen (secondary N) is 1. The smallest absolute Gasteiger partial charge is 0.243 e. The molecule has 0 saturated carbocycles. The highest BCUT2D eigenvalue weighted by atomic mass is 19.1. The molecule has 4 aromatic rings. The number of amides is 2. The lowest BCUT2D eigenvalue weighted by Gasteiger charge is -2.40. The number of hydrogen-bond donors (Lipinski definition) is 2. The molecule has 4 aliphatic rings. The van der Waals surface area contributed by atoms with Crippen LogP contribution in [0.4, 0.5) is 10.1 Å². The van der Waals surface area contributed by atoms with Gasteiger partial charge in [-0.15, -0.1) is 0 Å². The Morgan fingerprint density at radius 3 is 2.14 bits per heavy atom. The largest absolute Gasteiger partial charge is 0.508 e. The average Bonchev–Trinajstić information content (AvgIpc) is 3.57. The monoisotopic (exact) mass is 873 g/mol. The Labute approximate surface area is 377 Å². The van der Waals surface area contributed by atoms with E-state index in [0.29, 0.717) is 66.8 Å². The van der Waals surface area contributed by atoms with Crippen LogP contribution >= 0.6 is 0 Å². The van der Waals surface area contributed by atoms with Crippen molar-refractivity contribution in [1.29, 1.82) is 0 Å². The van der Waals surface area contributed by atoms with Gasteiger partial charge in [-0.3, -0.25) is 34.3 Å². The molecule has 4 unspecified atom stereocenters. The van der Waals surface area contributed by atoms with E-state index in [1.165, 1.54) is 53.7 Å². The number of imide groups is 1. The van der Waals surface area contributed by atoms with Gasteiger partial charge in [-0.05, 0) is 155 Å². The van der Waals surface area contributed by atoms with Crippen LogP contribution in [0.3, 0.4) is 0 Å². The molecule has 1 aliphatic carbocycles. The van der Waals surface area contributed by atoms with Gasteiger partial charge in [0, 0.05) is 61.4 Å². The summed E-state index contributed by atoms with van der Waals surface area (Å²) < 4.78 is 13.7. The molecule has 2 amide bonds. The number of likely N-dealkylation sites (N-methyl/N-ethyl adjacent to an activating group) is 2. The minimum atomic E-state index is -0.192. The number of aryl methyl sites for hydroxylation is 1. The predicted molar refractivity (Wildman–Crippen MR) is 249 cm³/mol. The Morgan fingerprint density at radius 2 is 1.55 bits per heavy atom. The SMILES string of the molecule is CC1CC2(CCN(c3ccc(C4c5ccc(O)cc5CCC4c4ccc(F)cc4)cc3)CC2)CN1C.CCN(CC=O)Cc1ccc(C=O)c(C=O)c1.CN(C)C1CCC(=O)NC1=O. The number of carbonyl (C=O) groups excluding carboxylic acids is 5. The van der Waals surface area contributed by atoms with Gasteiger partial charge in [0.25, 0.3) is 0 Å². The number of likely N-dealkylation sites (tertiary alicyclic amines) is 1. The van der Waals surface area contributed by atoms with Gasteiger partial charge in [0.2, 0.25) is 11.8 Å². The summed E-state index contributed by atoms with van der Waals surface area (Å²) in [5, 5.41) is 12.4. The van der Waals surface area contributed by atoms with Crippen molar-refractivity contribution in [3.63, 3.8) is 0 Å². The maximum atomic E-state index is 13.7. The lowest BCUT2D eigenvalue weighted by Crippen LogP contribution is -2.50. The number of halogens is 1. The molecule has 2 N–H and O–H groups in total. The van der Waals surface area contributed by atoms with Crippen LogP contribution in [0.1, 0.15) is 113 Å². The highest BCUT2D eigenvalue weighted by Crippen LogP contribution is 2.48. The predicted octanol–water partition coefficient (Wildman–Crippen LogP) is 7.39. The second-order valence-corrected chi connectivity index (χ2v) is 18.2. The molecule has 3 heterocycles. The first-order chi connectivity index (χ1) is 30.8. The molecule has 0 bridgehead atoms. The number of hydrogen-bond acceptors (Lipinski definition) is 10. The molecule has 8 rings (SSSR count).